The van der Waals surface area contributed by atoms with Crippen molar-refractivity contribution in [3.63, 3.8) is 0 Å². The van der Waals surface area contributed by atoms with Gasteiger partial charge in [-0.25, -0.2) is 0 Å². The zero-order valence-corrected chi connectivity index (χ0v) is 14.1. The average Bonchev–Trinajstić information content (AvgIpc) is 3.17. The number of amides is 2. The zero-order valence-electron chi connectivity index (χ0n) is 14.1. The fourth-order valence-corrected chi connectivity index (χ4v) is 2.76. The van der Waals surface area contributed by atoms with E-state index in [0.717, 1.165) is 18.4 Å². The summed E-state index contributed by atoms with van der Waals surface area (Å²) in [5.41, 5.74) is 2.06. The number of aromatic nitrogens is 1. The van der Waals surface area contributed by atoms with Crippen molar-refractivity contribution in [2.24, 2.45) is 0 Å². The van der Waals surface area contributed by atoms with Gasteiger partial charge in [-0.3, -0.25) is 14.6 Å². The van der Waals surface area contributed by atoms with Crippen LogP contribution in [-0.4, -0.2) is 29.5 Å². The van der Waals surface area contributed by atoms with E-state index in [9.17, 15) is 9.59 Å². The molecular formula is C19H21N3O3. The summed E-state index contributed by atoms with van der Waals surface area (Å²) in [4.78, 5) is 28.5. The van der Waals surface area contributed by atoms with E-state index in [2.05, 4.69) is 15.6 Å². The summed E-state index contributed by atoms with van der Waals surface area (Å²) in [5.74, 6) is -0.363. The molecule has 0 spiro atoms. The number of nitrogens with one attached hydrogen (secondary N) is 2. The van der Waals surface area contributed by atoms with Crippen LogP contribution in [0.3, 0.4) is 0 Å². The van der Waals surface area contributed by atoms with Crippen molar-refractivity contribution in [1.29, 1.82) is 0 Å². The van der Waals surface area contributed by atoms with Crippen LogP contribution in [0.2, 0.25) is 0 Å². The number of anilines is 1. The van der Waals surface area contributed by atoms with Gasteiger partial charge in [-0.05, 0) is 55.7 Å². The van der Waals surface area contributed by atoms with Crippen LogP contribution in [-0.2, 0) is 9.53 Å². The van der Waals surface area contributed by atoms with Gasteiger partial charge in [-0.15, -0.1) is 0 Å². The molecule has 0 radical (unpaired) electrons. The summed E-state index contributed by atoms with van der Waals surface area (Å²) in [6, 6.07) is 10.5. The molecular weight excluding hydrogens is 318 g/mol. The summed E-state index contributed by atoms with van der Waals surface area (Å²) in [7, 11) is 0. The number of hydrogen-bond acceptors (Lipinski definition) is 4. The maximum Gasteiger partial charge on any atom is 0.253 e. The number of ether oxygens (including phenoxy) is 1. The molecule has 1 saturated heterocycles. The molecule has 0 aliphatic carbocycles. The maximum absolute atomic E-state index is 12.5. The normalized spacial score (nSPS) is 17.7. The Labute approximate surface area is 146 Å². The van der Waals surface area contributed by atoms with Crippen LogP contribution in [0.25, 0.3) is 0 Å². The molecule has 3 rings (SSSR count). The molecule has 0 bridgehead atoms. The van der Waals surface area contributed by atoms with Crippen molar-refractivity contribution >= 4 is 17.5 Å². The standard InChI is InChI=1S/C19H21N3O3/c1-13(14-7-9-20-10-8-14)21-18(23)15-4-2-5-16(12-15)22-19(24)17-6-3-11-25-17/h2,4-5,7-10,12-13,17H,3,6,11H2,1H3,(H,21,23)(H,22,24)/t13-,17-/m1/s1. The van der Waals surface area contributed by atoms with Crippen molar-refractivity contribution < 1.29 is 14.3 Å². The maximum atomic E-state index is 12.5. The molecule has 0 unspecified atom stereocenters. The van der Waals surface area contributed by atoms with Gasteiger partial charge in [0.25, 0.3) is 11.8 Å². The smallest absolute Gasteiger partial charge is 0.253 e. The molecule has 130 valence electrons. The summed E-state index contributed by atoms with van der Waals surface area (Å²) in [6.07, 6.45) is 4.62. The first-order chi connectivity index (χ1) is 12.1. The Bertz CT molecular complexity index is 743. The highest BCUT2D eigenvalue weighted by Gasteiger charge is 2.23. The number of hydrogen-bond donors (Lipinski definition) is 2. The second-order valence-corrected chi connectivity index (χ2v) is 6.05. The first kappa shape index (κ1) is 17.1. The van der Waals surface area contributed by atoms with Crippen molar-refractivity contribution in [2.45, 2.75) is 31.9 Å². The van der Waals surface area contributed by atoms with E-state index in [1.807, 2.05) is 19.1 Å². The van der Waals surface area contributed by atoms with Crippen LogP contribution in [0, 0.1) is 0 Å². The lowest BCUT2D eigenvalue weighted by Gasteiger charge is -2.15. The van der Waals surface area contributed by atoms with Crippen LogP contribution in [0.5, 0.6) is 0 Å². The molecule has 2 N–H and O–H groups in total. The van der Waals surface area contributed by atoms with Gasteiger partial charge in [-0.2, -0.15) is 0 Å². The Morgan fingerprint density at radius 2 is 2.04 bits per heavy atom. The summed E-state index contributed by atoms with van der Waals surface area (Å²) in [6.45, 7) is 2.53. The molecule has 1 aliphatic heterocycles. The molecule has 2 aromatic rings. The average molecular weight is 339 g/mol. The van der Waals surface area contributed by atoms with Gasteiger partial charge in [0.05, 0.1) is 6.04 Å². The van der Waals surface area contributed by atoms with Crippen molar-refractivity contribution in [3.05, 3.63) is 59.9 Å². The van der Waals surface area contributed by atoms with E-state index in [4.69, 9.17) is 4.74 Å². The monoisotopic (exact) mass is 339 g/mol. The molecule has 1 aromatic heterocycles. The lowest BCUT2D eigenvalue weighted by molar-refractivity contribution is -0.124. The lowest BCUT2D eigenvalue weighted by Crippen LogP contribution is -2.28. The third-order valence-corrected chi connectivity index (χ3v) is 4.17. The molecule has 6 nitrogen and oxygen atoms in total. The van der Waals surface area contributed by atoms with Crippen molar-refractivity contribution in [3.8, 4) is 0 Å². The van der Waals surface area contributed by atoms with Gasteiger partial charge in [0.2, 0.25) is 0 Å². The number of rotatable bonds is 5. The van der Waals surface area contributed by atoms with Crippen LogP contribution in [0.4, 0.5) is 5.69 Å². The Hall–Kier alpha value is -2.73. The Kier molecular flexibility index (Phi) is 5.40. The van der Waals surface area contributed by atoms with Crippen LogP contribution in [0.1, 0.15) is 41.7 Å². The fourth-order valence-electron chi connectivity index (χ4n) is 2.76. The minimum atomic E-state index is -0.399. The largest absolute Gasteiger partial charge is 0.368 e. The number of benzene rings is 1. The van der Waals surface area contributed by atoms with E-state index in [1.54, 1.807) is 36.7 Å². The Morgan fingerprint density at radius 3 is 2.76 bits per heavy atom. The number of carbonyl (C=O) groups is 2. The van der Waals surface area contributed by atoms with Crippen LogP contribution >= 0.6 is 0 Å². The van der Waals surface area contributed by atoms with Gasteiger partial charge in [-0.1, -0.05) is 6.07 Å². The van der Waals surface area contributed by atoms with E-state index in [1.165, 1.54) is 0 Å². The highest BCUT2D eigenvalue weighted by atomic mass is 16.5. The molecule has 2 amide bonds. The second kappa shape index (κ2) is 7.90. The molecule has 25 heavy (non-hydrogen) atoms. The van der Waals surface area contributed by atoms with Gasteiger partial charge in [0.15, 0.2) is 0 Å². The highest BCUT2D eigenvalue weighted by Crippen LogP contribution is 2.17. The second-order valence-electron chi connectivity index (χ2n) is 6.05. The SMILES string of the molecule is C[C@@H](NC(=O)c1cccc(NC(=O)[C@H]2CCCO2)c1)c1ccncc1. The Balaban J connectivity index is 1.64. The van der Waals surface area contributed by atoms with Gasteiger partial charge in [0, 0.05) is 30.3 Å². The van der Waals surface area contributed by atoms with Crippen LogP contribution < -0.4 is 10.6 Å². The molecule has 1 aromatic carbocycles. The van der Waals surface area contributed by atoms with E-state index >= 15 is 0 Å². The topological polar surface area (TPSA) is 80.3 Å². The zero-order chi connectivity index (χ0) is 17.6. The van der Waals surface area contributed by atoms with Gasteiger partial charge in [0.1, 0.15) is 6.10 Å². The predicted octanol–water partition coefficient (Wildman–Crippen LogP) is 2.69. The molecule has 1 fully saturated rings. The van der Waals surface area contributed by atoms with Crippen molar-refractivity contribution in [1.82, 2.24) is 10.3 Å². The fraction of sp³-hybridized carbons (Fsp3) is 0.316. The van der Waals surface area contributed by atoms with E-state index < -0.39 is 6.10 Å². The first-order valence-electron chi connectivity index (χ1n) is 8.37. The summed E-state index contributed by atoms with van der Waals surface area (Å²) >= 11 is 0. The third-order valence-electron chi connectivity index (χ3n) is 4.17. The molecule has 6 heteroatoms. The van der Waals surface area contributed by atoms with E-state index in [-0.39, 0.29) is 17.9 Å². The van der Waals surface area contributed by atoms with Gasteiger partial charge < -0.3 is 15.4 Å². The number of carbonyl (C=O) groups excluding carboxylic acids is 2. The van der Waals surface area contributed by atoms with E-state index in [0.29, 0.717) is 17.9 Å². The quantitative estimate of drug-likeness (QED) is 0.878. The van der Waals surface area contributed by atoms with Crippen molar-refractivity contribution in [2.75, 3.05) is 11.9 Å². The molecule has 1 aliphatic rings. The predicted molar refractivity (Wildman–Crippen MR) is 94.2 cm³/mol. The minimum absolute atomic E-state index is 0.138. The molecule has 2 heterocycles. The minimum Gasteiger partial charge on any atom is -0.368 e. The highest BCUT2D eigenvalue weighted by molar-refractivity contribution is 5.98. The van der Waals surface area contributed by atoms with Gasteiger partial charge >= 0.3 is 0 Å². The third kappa shape index (κ3) is 4.42. The summed E-state index contributed by atoms with van der Waals surface area (Å²) < 4.78 is 5.37. The first-order valence-corrected chi connectivity index (χ1v) is 8.37. The molecule has 2 atom stereocenters. The summed E-state index contributed by atoms with van der Waals surface area (Å²) in [5, 5.41) is 5.76. The number of pyridine rings is 1. The lowest BCUT2D eigenvalue weighted by atomic mass is 10.1. The Morgan fingerprint density at radius 1 is 1.24 bits per heavy atom. The number of nitrogens with zero attached hydrogens (tertiary/aromatic N) is 1. The van der Waals surface area contributed by atoms with Crippen LogP contribution in [0.15, 0.2) is 48.8 Å². The molecule has 0 saturated carbocycles.